The lowest BCUT2D eigenvalue weighted by atomic mass is 9.45. The van der Waals surface area contributed by atoms with Crippen molar-refractivity contribution in [1.82, 2.24) is 0 Å². The predicted octanol–water partition coefficient (Wildman–Crippen LogP) is 6.71. The molecule has 188 valence electrons. The Morgan fingerprint density at radius 2 is 1.82 bits per heavy atom. The molecule has 4 aliphatic rings. The van der Waals surface area contributed by atoms with Gasteiger partial charge in [0.05, 0.1) is 11.7 Å². The van der Waals surface area contributed by atoms with E-state index >= 15 is 0 Å². The van der Waals surface area contributed by atoms with E-state index in [-0.39, 0.29) is 28.3 Å². The highest BCUT2D eigenvalue weighted by atomic mass is 16.3. The lowest BCUT2D eigenvalue weighted by Crippen LogP contribution is -2.56. The van der Waals surface area contributed by atoms with E-state index in [9.17, 15) is 15.0 Å². The van der Waals surface area contributed by atoms with Crippen molar-refractivity contribution >= 4 is 5.78 Å². The summed E-state index contributed by atoms with van der Waals surface area (Å²) >= 11 is 0. The van der Waals surface area contributed by atoms with E-state index in [1.807, 2.05) is 0 Å². The topological polar surface area (TPSA) is 57.5 Å². The van der Waals surface area contributed by atoms with Crippen LogP contribution in [0.4, 0.5) is 0 Å². The van der Waals surface area contributed by atoms with Crippen LogP contribution in [0, 0.1) is 45.8 Å². The quantitative estimate of drug-likeness (QED) is 0.450. The van der Waals surface area contributed by atoms with Gasteiger partial charge in [-0.1, -0.05) is 60.1 Å². The molecular weight excluding hydrogens is 408 g/mol. The van der Waals surface area contributed by atoms with Crippen molar-refractivity contribution in [2.45, 2.75) is 124 Å². The fourth-order valence-electron chi connectivity index (χ4n) is 8.87. The average molecular weight is 459 g/mol. The van der Waals surface area contributed by atoms with Crippen LogP contribution in [-0.4, -0.2) is 27.7 Å². The Kier molecular flexibility index (Phi) is 6.53. The summed E-state index contributed by atoms with van der Waals surface area (Å²) in [4.78, 5) is 13.9. The zero-order chi connectivity index (χ0) is 24.4. The molecule has 4 aliphatic carbocycles. The van der Waals surface area contributed by atoms with Gasteiger partial charge in [-0.25, -0.2) is 0 Å². The molecule has 0 saturated heterocycles. The lowest BCUT2D eigenvalue weighted by Gasteiger charge is -2.58. The minimum atomic E-state index is -0.573. The fraction of sp³-hybridized carbons (Fsp3) is 0.900. The highest BCUT2D eigenvalue weighted by molar-refractivity contribution is 5.85. The van der Waals surface area contributed by atoms with Gasteiger partial charge < -0.3 is 10.2 Å². The first-order valence-corrected chi connectivity index (χ1v) is 13.9. The van der Waals surface area contributed by atoms with E-state index in [2.05, 4.69) is 54.5 Å². The minimum absolute atomic E-state index is 0.0523. The largest absolute Gasteiger partial charge is 0.393 e. The molecule has 3 nitrogen and oxygen atoms in total. The number of aliphatic hydroxyl groups is 2. The summed E-state index contributed by atoms with van der Waals surface area (Å²) in [5.41, 5.74) is 0.779. The minimum Gasteiger partial charge on any atom is -0.393 e. The molecule has 0 spiro atoms. The number of Topliss-reactive ketones (excluding diaryl/α,β-unsaturated/α-hetero) is 1. The number of fused-ring (bicyclic) bond motifs is 5. The molecular formula is C30H50O3. The van der Waals surface area contributed by atoms with E-state index in [0.717, 1.165) is 51.4 Å². The van der Waals surface area contributed by atoms with Crippen LogP contribution in [0.5, 0.6) is 0 Å². The van der Waals surface area contributed by atoms with Gasteiger partial charge in [0.2, 0.25) is 0 Å². The highest BCUT2D eigenvalue weighted by Gasteiger charge is 2.62. The second kappa shape index (κ2) is 8.47. The molecule has 9 atom stereocenters. The first kappa shape index (κ1) is 25.4. The van der Waals surface area contributed by atoms with Gasteiger partial charge in [0.1, 0.15) is 5.78 Å². The van der Waals surface area contributed by atoms with Crippen LogP contribution < -0.4 is 0 Å². The number of ketones is 1. The van der Waals surface area contributed by atoms with Crippen LogP contribution in [0.15, 0.2) is 11.6 Å². The molecule has 2 unspecified atom stereocenters. The number of carbonyl (C=O) groups excluding carboxylic acids is 1. The molecule has 0 bridgehead atoms. The lowest BCUT2D eigenvalue weighted by molar-refractivity contribution is -0.147. The Bertz CT molecular complexity index is 793. The van der Waals surface area contributed by atoms with Gasteiger partial charge in [-0.3, -0.25) is 4.79 Å². The van der Waals surface area contributed by atoms with Crippen molar-refractivity contribution < 1.29 is 15.0 Å². The first-order chi connectivity index (χ1) is 15.2. The maximum absolute atomic E-state index is 13.9. The number of aliphatic hydroxyl groups excluding tert-OH is 1. The summed E-state index contributed by atoms with van der Waals surface area (Å²) in [5.74, 6) is 2.86. The van der Waals surface area contributed by atoms with E-state index in [4.69, 9.17) is 0 Å². The fourth-order valence-corrected chi connectivity index (χ4v) is 8.87. The molecule has 3 heteroatoms. The van der Waals surface area contributed by atoms with Crippen LogP contribution in [0.3, 0.4) is 0 Å². The zero-order valence-electron chi connectivity index (χ0n) is 22.4. The second-order valence-corrected chi connectivity index (χ2v) is 14.2. The number of rotatable bonds is 5. The Labute approximate surface area is 202 Å². The van der Waals surface area contributed by atoms with Crippen LogP contribution >= 0.6 is 0 Å². The smallest absolute Gasteiger partial charge is 0.137 e. The normalized spacial score (nSPS) is 45.0. The van der Waals surface area contributed by atoms with Gasteiger partial charge in [0.25, 0.3) is 0 Å². The van der Waals surface area contributed by atoms with Gasteiger partial charge in [-0.15, -0.1) is 0 Å². The van der Waals surface area contributed by atoms with Crippen LogP contribution in [0.2, 0.25) is 0 Å². The van der Waals surface area contributed by atoms with Gasteiger partial charge in [-0.05, 0) is 97.7 Å². The van der Waals surface area contributed by atoms with Crippen LogP contribution in [0.25, 0.3) is 0 Å². The third-order valence-corrected chi connectivity index (χ3v) is 11.3. The summed E-state index contributed by atoms with van der Waals surface area (Å²) in [5, 5.41) is 21.6. The van der Waals surface area contributed by atoms with Crippen LogP contribution in [0.1, 0.15) is 113 Å². The number of hydrogen-bond acceptors (Lipinski definition) is 3. The molecule has 0 heterocycles. The molecule has 0 aromatic heterocycles. The Hall–Kier alpha value is -0.670. The van der Waals surface area contributed by atoms with Gasteiger partial charge >= 0.3 is 0 Å². The standard InChI is InChI=1S/C30H50O3/c1-8-30(33)16-15-28(6)20(17-30)10-11-21-23-13-12-22(29(23,7)18-24(31)26(21)28)19(2)9-14-25(32)27(3,4)5/h10,19,21-23,25-26,32-33H,8-9,11-18H2,1-7H3/t19-,21+,22-,23?,25-,26?,28+,29-,30+/m1/s1. The molecule has 0 aromatic carbocycles. The first-order valence-electron chi connectivity index (χ1n) is 13.9. The Morgan fingerprint density at radius 1 is 1.12 bits per heavy atom. The molecule has 0 aliphatic heterocycles. The summed E-state index contributed by atoms with van der Waals surface area (Å²) in [6.45, 7) is 15.6. The Morgan fingerprint density at radius 3 is 2.45 bits per heavy atom. The molecule has 3 saturated carbocycles. The van der Waals surface area contributed by atoms with Crippen molar-refractivity contribution in [3.8, 4) is 0 Å². The van der Waals surface area contributed by atoms with E-state index in [0.29, 0.717) is 29.5 Å². The molecule has 0 radical (unpaired) electrons. The highest BCUT2D eigenvalue weighted by Crippen LogP contribution is 2.67. The molecule has 2 N–H and O–H groups in total. The molecule has 0 amide bonds. The summed E-state index contributed by atoms with van der Waals surface area (Å²) in [6, 6.07) is 0. The number of carbonyl (C=O) groups is 1. The maximum atomic E-state index is 13.9. The Balaban J connectivity index is 1.54. The second-order valence-electron chi connectivity index (χ2n) is 14.2. The summed E-state index contributed by atoms with van der Waals surface area (Å²) in [6.07, 6.45) is 11.6. The van der Waals surface area contributed by atoms with E-state index in [1.54, 1.807) is 0 Å². The molecule has 4 rings (SSSR count). The van der Waals surface area contributed by atoms with Gasteiger partial charge in [0.15, 0.2) is 0 Å². The molecule has 0 aromatic rings. The van der Waals surface area contributed by atoms with Crippen molar-refractivity contribution in [3.63, 3.8) is 0 Å². The predicted molar refractivity (Wildman–Crippen MR) is 135 cm³/mol. The summed E-state index contributed by atoms with van der Waals surface area (Å²) < 4.78 is 0. The third-order valence-electron chi connectivity index (χ3n) is 11.3. The van der Waals surface area contributed by atoms with Crippen molar-refractivity contribution in [2.75, 3.05) is 0 Å². The van der Waals surface area contributed by atoms with E-state index < -0.39 is 5.60 Å². The van der Waals surface area contributed by atoms with Crippen LogP contribution in [-0.2, 0) is 4.79 Å². The maximum Gasteiger partial charge on any atom is 0.137 e. The van der Waals surface area contributed by atoms with Crippen molar-refractivity contribution in [1.29, 1.82) is 0 Å². The number of allylic oxidation sites excluding steroid dienone is 1. The third kappa shape index (κ3) is 4.18. The van der Waals surface area contributed by atoms with Gasteiger partial charge in [0, 0.05) is 12.3 Å². The van der Waals surface area contributed by atoms with Crippen molar-refractivity contribution in [2.24, 2.45) is 45.8 Å². The molecule has 33 heavy (non-hydrogen) atoms. The average Bonchev–Trinajstić information content (AvgIpc) is 3.08. The van der Waals surface area contributed by atoms with Crippen molar-refractivity contribution in [3.05, 3.63) is 11.6 Å². The molecule has 3 fully saturated rings. The SMILES string of the molecule is CC[C@]1(O)CC[C@@]2(C)C(=CC[C@@H]3C2C(=O)C[C@@]2(C)C3CC[C@@H]2[C@H](C)CC[C@@H](O)C(C)(C)C)C1. The van der Waals surface area contributed by atoms with E-state index in [1.165, 1.54) is 18.4 Å². The summed E-state index contributed by atoms with van der Waals surface area (Å²) in [7, 11) is 0. The number of hydrogen-bond donors (Lipinski definition) is 2. The van der Waals surface area contributed by atoms with Gasteiger partial charge in [-0.2, -0.15) is 0 Å². The zero-order valence-corrected chi connectivity index (χ0v) is 22.4. The monoisotopic (exact) mass is 458 g/mol.